The number of carbonyl (C=O) groups excluding carboxylic acids is 1. The van der Waals surface area contributed by atoms with Gasteiger partial charge in [-0.05, 0) is 91.3 Å². The van der Waals surface area contributed by atoms with E-state index < -0.39 is 11.2 Å². The van der Waals surface area contributed by atoms with Gasteiger partial charge in [-0.3, -0.25) is 4.79 Å². The van der Waals surface area contributed by atoms with E-state index in [9.17, 15) is 9.90 Å². The van der Waals surface area contributed by atoms with Crippen molar-refractivity contribution >= 4 is 5.97 Å². The summed E-state index contributed by atoms with van der Waals surface area (Å²) >= 11 is 0. The summed E-state index contributed by atoms with van der Waals surface area (Å²) < 4.78 is 5.97. The number of fused-ring (bicyclic) bond motifs is 7. The molecular weight excluding hydrogens is 384 g/mol. The molecule has 5 fully saturated rings. The zero-order chi connectivity index (χ0) is 22.9. The maximum absolute atomic E-state index is 12.7. The van der Waals surface area contributed by atoms with Crippen LogP contribution in [0.3, 0.4) is 0 Å². The molecule has 31 heavy (non-hydrogen) atoms. The molecule has 0 aromatic rings. The largest absolute Gasteiger partial charge is 0.432 e. The minimum Gasteiger partial charge on any atom is -0.432 e. The van der Waals surface area contributed by atoms with Crippen LogP contribution in [0.2, 0.25) is 0 Å². The SMILES string of the molecule is CC1C(=O)OC2(O)C1(C)CCC1C3(C)CCC4(C)CCC(C)(C)CC4C3(C)CCC12C. The van der Waals surface area contributed by atoms with Crippen molar-refractivity contribution in [2.24, 2.45) is 50.2 Å². The van der Waals surface area contributed by atoms with Gasteiger partial charge in [0, 0.05) is 10.8 Å². The van der Waals surface area contributed by atoms with E-state index in [1.807, 2.05) is 6.92 Å². The average Bonchev–Trinajstić information content (AvgIpc) is 2.86. The molecule has 0 aromatic heterocycles. The van der Waals surface area contributed by atoms with E-state index in [2.05, 4.69) is 48.5 Å². The monoisotopic (exact) mass is 430 g/mol. The zero-order valence-electron chi connectivity index (χ0n) is 21.4. The van der Waals surface area contributed by atoms with Gasteiger partial charge < -0.3 is 9.84 Å². The fraction of sp³-hybridized carbons (Fsp3) is 0.964. The van der Waals surface area contributed by atoms with Crippen molar-refractivity contribution in [1.29, 1.82) is 0 Å². The third kappa shape index (κ3) is 2.33. The molecule has 5 aliphatic rings. The molecule has 4 aliphatic carbocycles. The fourth-order valence-corrected chi connectivity index (χ4v) is 10.2. The van der Waals surface area contributed by atoms with Crippen LogP contribution in [-0.4, -0.2) is 16.9 Å². The van der Waals surface area contributed by atoms with Gasteiger partial charge in [-0.1, -0.05) is 55.4 Å². The van der Waals surface area contributed by atoms with Crippen LogP contribution in [0, 0.1) is 50.2 Å². The predicted octanol–water partition coefficient (Wildman–Crippen LogP) is 6.72. The Labute approximate surface area is 190 Å². The number of carbonyl (C=O) groups is 1. The maximum Gasteiger partial charge on any atom is 0.312 e. The summed E-state index contributed by atoms with van der Waals surface area (Å²) in [7, 11) is 0. The predicted molar refractivity (Wildman–Crippen MR) is 123 cm³/mol. The van der Waals surface area contributed by atoms with Crippen LogP contribution in [0.5, 0.6) is 0 Å². The van der Waals surface area contributed by atoms with E-state index in [1.54, 1.807) is 0 Å². The van der Waals surface area contributed by atoms with Gasteiger partial charge in [0.25, 0.3) is 0 Å². The van der Waals surface area contributed by atoms with Gasteiger partial charge in [0.15, 0.2) is 0 Å². The highest BCUT2D eigenvalue weighted by Gasteiger charge is 2.78. The summed E-state index contributed by atoms with van der Waals surface area (Å²) in [6.45, 7) is 19.0. The number of hydrogen-bond donors (Lipinski definition) is 1. The van der Waals surface area contributed by atoms with Crippen LogP contribution in [0.25, 0.3) is 0 Å². The van der Waals surface area contributed by atoms with Crippen LogP contribution in [0.15, 0.2) is 0 Å². The van der Waals surface area contributed by atoms with E-state index in [1.165, 1.54) is 32.1 Å². The summed E-state index contributed by atoms with van der Waals surface area (Å²) in [6.07, 6.45) is 10.7. The Bertz CT molecular complexity index is 819. The Morgan fingerprint density at radius 2 is 1.29 bits per heavy atom. The summed E-state index contributed by atoms with van der Waals surface area (Å²) in [6, 6.07) is 0. The minimum atomic E-state index is -1.34. The van der Waals surface area contributed by atoms with Gasteiger partial charge in [0.1, 0.15) is 0 Å². The molecule has 176 valence electrons. The Morgan fingerprint density at radius 1 is 0.742 bits per heavy atom. The van der Waals surface area contributed by atoms with Crippen LogP contribution in [0.4, 0.5) is 0 Å². The van der Waals surface area contributed by atoms with Gasteiger partial charge in [-0.15, -0.1) is 0 Å². The molecule has 0 aromatic carbocycles. The molecule has 1 saturated heterocycles. The fourth-order valence-electron chi connectivity index (χ4n) is 10.2. The highest BCUT2D eigenvalue weighted by atomic mass is 16.7. The van der Waals surface area contributed by atoms with Crippen molar-refractivity contribution in [2.75, 3.05) is 0 Å². The van der Waals surface area contributed by atoms with Crippen molar-refractivity contribution in [2.45, 2.75) is 119 Å². The van der Waals surface area contributed by atoms with Crippen molar-refractivity contribution < 1.29 is 14.6 Å². The molecule has 0 radical (unpaired) electrons. The van der Waals surface area contributed by atoms with Crippen LogP contribution >= 0.6 is 0 Å². The lowest BCUT2D eigenvalue weighted by Crippen LogP contribution is -2.71. The highest BCUT2D eigenvalue weighted by molar-refractivity contribution is 5.76. The van der Waals surface area contributed by atoms with Gasteiger partial charge >= 0.3 is 5.97 Å². The van der Waals surface area contributed by atoms with E-state index in [-0.39, 0.29) is 28.1 Å². The third-order valence-corrected chi connectivity index (χ3v) is 13.0. The summed E-state index contributed by atoms with van der Waals surface area (Å²) in [5, 5.41) is 12.2. The smallest absolute Gasteiger partial charge is 0.312 e. The number of esters is 1. The Morgan fingerprint density at radius 3 is 1.97 bits per heavy atom. The first kappa shape index (κ1) is 22.2. The molecule has 1 aliphatic heterocycles. The van der Waals surface area contributed by atoms with Crippen molar-refractivity contribution in [3.63, 3.8) is 0 Å². The summed E-state index contributed by atoms with van der Waals surface area (Å²) in [5.41, 5.74) is 0.479. The average molecular weight is 431 g/mol. The molecule has 9 unspecified atom stereocenters. The molecule has 0 bridgehead atoms. The lowest BCUT2D eigenvalue weighted by Gasteiger charge is -2.74. The molecule has 1 N–H and O–H groups in total. The molecule has 3 heteroatoms. The summed E-state index contributed by atoms with van der Waals surface area (Å²) in [5.74, 6) is -0.638. The molecule has 5 rings (SSSR count). The van der Waals surface area contributed by atoms with Crippen molar-refractivity contribution in [3.8, 4) is 0 Å². The van der Waals surface area contributed by atoms with E-state index in [0.717, 1.165) is 31.6 Å². The second-order valence-electron chi connectivity index (χ2n) is 14.6. The number of aliphatic hydroxyl groups is 1. The number of hydrogen-bond acceptors (Lipinski definition) is 3. The molecule has 0 spiro atoms. The van der Waals surface area contributed by atoms with Gasteiger partial charge in [0.2, 0.25) is 5.79 Å². The van der Waals surface area contributed by atoms with E-state index in [0.29, 0.717) is 16.7 Å². The molecule has 0 amide bonds. The Balaban J connectivity index is 1.59. The lowest BCUT2D eigenvalue weighted by atomic mass is 9.31. The second kappa shape index (κ2) is 5.91. The minimum absolute atomic E-state index is 0.174. The van der Waals surface area contributed by atoms with Gasteiger partial charge in [-0.25, -0.2) is 0 Å². The summed E-state index contributed by atoms with van der Waals surface area (Å²) in [4.78, 5) is 12.7. The first-order valence-corrected chi connectivity index (χ1v) is 13.0. The van der Waals surface area contributed by atoms with Crippen LogP contribution in [0.1, 0.15) is 113 Å². The molecule has 4 saturated carbocycles. The van der Waals surface area contributed by atoms with Crippen LogP contribution in [-0.2, 0) is 9.53 Å². The normalized spacial score (nSPS) is 60.3. The number of ether oxygens (including phenoxy) is 1. The zero-order valence-corrected chi connectivity index (χ0v) is 21.4. The quantitative estimate of drug-likeness (QED) is 0.434. The van der Waals surface area contributed by atoms with Crippen LogP contribution < -0.4 is 0 Å². The van der Waals surface area contributed by atoms with Gasteiger partial charge in [-0.2, -0.15) is 0 Å². The second-order valence-corrected chi connectivity index (χ2v) is 14.6. The first-order valence-electron chi connectivity index (χ1n) is 13.0. The third-order valence-electron chi connectivity index (χ3n) is 13.0. The Kier molecular flexibility index (Phi) is 4.24. The first-order chi connectivity index (χ1) is 14.1. The standard InChI is InChI=1S/C28H46O3/c1-18-21(29)31-28(30)24(18,5)10-9-19-25(6)14-13-23(4)12-11-22(2,3)17-20(23)26(25,7)15-16-27(19,28)8/h18-20,30H,9-17H2,1-8H3. The topological polar surface area (TPSA) is 46.5 Å². The van der Waals surface area contributed by atoms with E-state index in [4.69, 9.17) is 4.74 Å². The van der Waals surface area contributed by atoms with Crippen molar-refractivity contribution in [1.82, 2.24) is 0 Å². The molecule has 3 nitrogen and oxygen atoms in total. The molecule has 1 heterocycles. The maximum atomic E-state index is 12.7. The van der Waals surface area contributed by atoms with Gasteiger partial charge in [0.05, 0.1) is 5.92 Å². The number of rotatable bonds is 0. The molecular formula is C28H46O3. The van der Waals surface area contributed by atoms with E-state index >= 15 is 0 Å². The van der Waals surface area contributed by atoms with Crippen molar-refractivity contribution in [3.05, 3.63) is 0 Å². The lowest BCUT2D eigenvalue weighted by molar-refractivity contribution is -0.356. The highest BCUT2D eigenvalue weighted by Crippen LogP contribution is 2.79. The molecule has 9 atom stereocenters. The Hall–Kier alpha value is -0.570.